The van der Waals surface area contributed by atoms with Gasteiger partial charge in [0.1, 0.15) is 0 Å². The molecule has 1 aromatic carbocycles. The standard InChI is InChI=1S/C9H10/c1-2-6-9-7-4-3-5-8-9/h2-8H,1H3/i2D. The lowest BCUT2D eigenvalue weighted by atomic mass is 10.2. The van der Waals surface area contributed by atoms with Gasteiger partial charge in [-0.2, -0.15) is 0 Å². The fourth-order valence-electron chi connectivity index (χ4n) is 0.716. The second-order valence-corrected chi connectivity index (χ2v) is 1.84. The number of hydrogen-bond acceptors (Lipinski definition) is 0. The van der Waals surface area contributed by atoms with Gasteiger partial charge in [-0.1, -0.05) is 42.5 Å². The molecule has 0 bridgehead atoms. The predicted octanol–water partition coefficient (Wildman–Crippen LogP) is 2.72. The molecule has 0 aromatic heterocycles. The molecule has 9 heavy (non-hydrogen) atoms. The molecule has 0 saturated heterocycles. The highest BCUT2D eigenvalue weighted by Crippen LogP contribution is 1.99. The first kappa shape index (κ1) is 4.80. The van der Waals surface area contributed by atoms with Gasteiger partial charge >= 0.3 is 0 Å². The van der Waals surface area contributed by atoms with E-state index in [1.807, 2.05) is 36.4 Å². The number of hydrogen-bond donors (Lipinski definition) is 0. The first-order chi connectivity index (χ1) is 4.79. The molecule has 0 atom stereocenters. The van der Waals surface area contributed by atoms with E-state index in [1.54, 1.807) is 6.92 Å². The van der Waals surface area contributed by atoms with Crippen molar-refractivity contribution in [2.24, 2.45) is 0 Å². The molecule has 0 nitrogen and oxygen atoms in total. The van der Waals surface area contributed by atoms with Crippen LogP contribution in [-0.2, 0) is 0 Å². The molecule has 1 aromatic rings. The molecule has 0 radical (unpaired) electrons. The van der Waals surface area contributed by atoms with Crippen molar-refractivity contribution in [1.29, 1.82) is 0 Å². The maximum Gasteiger partial charge on any atom is 0.0573 e. The van der Waals surface area contributed by atoms with Crippen molar-refractivity contribution >= 4 is 6.08 Å². The van der Waals surface area contributed by atoms with Crippen LogP contribution in [0, 0.1) is 0 Å². The smallest absolute Gasteiger partial charge is 0.0573 e. The zero-order valence-corrected chi connectivity index (χ0v) is 5.46. The van der Waals surface area contributed by atoms with Gasteiger partial charge in [0.25, 0.3) is 0 Å². The van der Waals surface area contributed by atoms with Crippen molar-refractivity contribution in [1.82, 2.24) is 0 Å². The zero-order valence-electron chi connectivity index (χ0n) is 6.46. The Morgan fingerprint density at radius 1 is 1.33 bits per heavy atom. The van der Waals surface area contributed by atoms with Crippen LogP contribution in [0.1, 0.15) is 13.9 Å². The quantitative estimate of drug-likeness (QED) is 0.533. The van der Waals surface area contributed by atoms with Gasteiger partial charge in [-0.15, -0.1) is 0 Å². The van der Waals surface area contributed by atoms with E-state index < -0.39 is 0 Å². The van der Waals surface area contributed by atoms with Gasteiger partial charge < -0.3 is 0 Å². The third kappa shape index (κ3) is 1.73. The Bertz CT molecular complexity index is 220. The Kier molecular flexibility index (Phi) is 1.64. The molecule has 0 unspecified atom stereocenters. The Morgan fingerprint density at radius 3 is 2.56 bits per heavy atom. The minimum absolute atomic E-state index is 0.589. The Morgan fingerprint density at radius 2 is 2.00 bits per heavy atom. The first-order valence-corrected chi connectivity index (χ1v) is 2.99. The van der Waals surface area contributed by atoms with E-state index in [2.05, 4.69) is 0 Å². The fourth-order valence-corrected chi connectivity index (χ4v) is 0.716. The van der Waals surface area contributed by atoms with Crippen LogP contribution in [0.5, 0.6) is 0 Å². The molecule has 0 amide bonds. The third-order valence-corrected chi connectivity index (χ3v) is 1.11. The Hall–Kier alpha value is -1.04. The van der Waals surface area contributed by atoms with E-state index in [0.717, 1.165) is 5.56 Å². The van der Waals surface area contributed by atoms with E-state index in [-0.39, 0.29) is 0 Å². The van der Waals surface area contributed by atoms with E-state index >= 15 is 0 Å². The van der Waals surface area contributed by atoms with Crippen LogP contribution >= 0.6 is 0 Å². The van der Waals surface area contributed by atoms with Gasteiger partial charge in [0.05, 0.1) is 1.37 Å². The third-order valence-electron chi connectivity index (χ3n) is 1.11. The SMILES string of the molecule is [2H]C(C)=Cc1ccccc1. The molecule has 0 aliphatic heterocycles. The normalized spacial score (nSPS) is 13.0. The van der Waals surface area contributed by atoms with Crippen LogP contribution in [0.15, 0.2) is 36.4 Å². The summed E-state index contributed by atoms with van der Waals surface area (Å²) in [6.07, 6.45) is 1.83. The summed E-state index contributed by atoms with van der Waals surface area (Å²) in [6, 6.07) is 10.5. The lowest BCUT2D eigenvalue weighted by Gasteiger charge is -1.86. The maximum atomic E-state index is 7.18. The predicted molar refractivity (Wildman–Crippen MR) is 41.2 cm³/mol. The monoisotopic (exact) mass is 119 g/mol. The van der Waals surface area contributed by atoms with Crippen molar-refractivity contribution in [3.63, 3.8) is 0 Å². The van der Waals surface area contributed by atoms with Crippen molar-refractivity contribution in [3.8, 4) is 0 Å². The molecular formula is C9H10. The van der Waals surface area contributed by atoms with Crippen LogP contribution in [-0.4, -0.2) is 0 Å². The average molecular weight is 119 g/mol. The van der Waals surface area contributed by atoms with Gasteiger partial charge in [0.2, 0.25) is 0 Å². The number of benzene rings is 1. The number of allylic oxidation sites excluding steroid dienone is 1. The first-order valence-electron chi connectivity index (χ1n) is 3.49. The largest absolute Gasteiger partial charge is 0.0871 e. The molecule has 0 heterocycles. The van der Waals surface area contributed by atoms with Crippen molar-refractivity contribution in [3.05, 3.63) is 41.9 Å². The summed E-state index contributed by atoms with van der Waals surface area (Å²) in [5.41, 5.74) is 1.09. The second-order valence-electron chi connectivity index (χ2n) is 1.84. The highest BCUT2D eigenvalue weighted by molar-refractivity contribution is 5.47. The van der Waals surface area contributed by atoms with Gasteiger partial charge in [-0.05, 0) is 12.5 Å². The summed E-state index contributed by atoms with van der Waals surface area (Å²) in [6.45, 7) is 1.77. The molecule has 0 fully saturated rings. The van der Waals surface area contributed by atoms with E-state index in [0.29, 0.717) is 6.05 Å². The van der Waals surface area contributed by atoms with Crippen LogP contribution < -0.4 is 0 Å². The van der Waals surface area contributed by atoms with Crippen molar-refractivity contribution in [2.75, 3.05) is 0 Å². The minimum Gasteiger partial charge on any atom is -0.0871 e. The van der Waals surface area contributed by atoms with Gasteiger partial charge in [-0.3, -0.25) is 0 Å². The maximum absolute atomic E-state index is 7.18. The summed E-state index contributed by atoms with van der Waals surface area (Å²) >= 11 is 0. The lowest BCUT2D eigenvalue weighted by molar-refractivity contribution is 1.64. The highest BCUT2D eigenvalue weighted by atomic mass is 13.8. The minimum atomic E-state index is 0.589. The molecule has 0 aliphatic carbocycles. The second kappa shape index (κ2) is 3.08. The summed E-state index contributed by atoms with van der Waals surface area (Å²) in [4.78, 5) is 0. The number of rotatable bonds is 1. The Labute approximate surface area is 57.2 Å². The molecule has 46 valence electrons. The zero-order chi connectivity index (χ0) is 7.40. The molecule has 0 aliphatic rings. The van der Waals surface area contributed by atoms with Crippen LogP contribution in [0.2, 0.25) is 0 Å². The highest BCUT2D eigenvalue weighted by Gasteiger charge is 1.77. The van der Waals surface area contributed by atoms with E-state index in [9.17, 15) is 0 Å². The molecule has 0 N–H and O–H groups in total. The molecule has 0 spiro atoms. The van der Waals surface area contributed by atoms with Crippen LogP contribution in [0.3, 0.4) is 0 Å². The molecule has 1 rings (SSSR count). The summed E-state index contributed by atoms with van der Waals surface area (Å²) in [5.74, 6) is 0. The van der Waals surface area contributed by atoms with E-state index in [1.165, 1.54) is 0 Å². The van der Waals surface area contributed by atoms with Gasteiger partial charge in [0.15, 0.2) is 0 Å². The molecule has 0 heteroatoms. The lowest BCUT2D eigenvalue weighted by Crippen LogP contribution is -1.65. The fraction of sp³-hybridized carbons (Fsp3) is 0.111. The van der Waals surface area contributed by atoms with Gasteiger partial charge in [0, 0.05) is 0 Å². The van der Waals surface area contributed by atoms with Crippen LogP contribution in [0.4, 0.5) is 0 Å². The molecular weight excluding hydrogens is 108 g/mol. The van der Waals surface area contributed by atoms with Crippen molar-refractivity contribution in [2.45, 2.75) is 6.92 Å². The van der Waals surface area contributed by atoms with Crippen LogP contribution in [0.25, 0.3) is 6.08 Å². The van der Waals surface area contributed by atoms with E-state index in [4.69, 9.17) is 1.37 Å². The Balaban J connectivity index is 2.87. The topological polar surface area (TPSA) is 0 Å². The molecule has 0 saturated carbocycles. The summed E-state index contributed by atoms with van der Waals surface area (Å²) < 4.78 is 7.18. The van der Waals surface area contributed by atoms with Crippen molar-refractivity contribution < 1.29 is 1.37 Å². The summed E-state index contributed by atoms with van der Waals surface area (Å²) in [7, 11) is 0. The average Bonchev–Trinajstić information content (AvgIpc) is 1.88. The summed E-state index contributed by atoms with van der Waals surface area (Å²) in [5, 5.41) is 0. The van der Waals surface area contributed by atoms with Gasteiger partial charge in [-0.25, -0.2) is 0 Å².